The van der Waals surface area contributed by atoms with E-state index in [-0.39, 0.29) is 35.9 Å². The average molecular weight is 440 g/mol. The first-order valence-electron chi connectivity index (χ1n) is 10.0. The molecule has 0 fully saturated rings. The third kappa shape index (κ3) is 4.51. The number of amides is 1. The first-order chi connectivity index (χ1) is 15.2. The van der Waals surface area contributed by atoms with Crippen molar-refractivity contribution in [3.8, 4) is 5.69 Å². The Morgan fingerprint density at radius 2 is 1.94 bits per heavy atom. The van der Waals surface area contributed by atoms with Gasteiger partial charge in [-0.2, -0.15) is 10.2 Å². The van der Waals surface area contributed by atoms with Crippen molar-refractivity contribution in [2.45, 2.75) is 34.2 Å². The van der Waals surface area contributed by atoms with E-state index in [0.29, 0.717) is 11.4 Å². The van der Waals surface area contributed by atoms with Gasteiger partial charge >= 0.3 is 11.7 Å². The van der Waals surface area contributed by atoms with Crippen LogP contribution >= 0.6 is 0 Å². The summed E-state index contributed by atoms with van der Waals surface area (Å²) in [5, 5.41) is 22.4. The maximum atomic E-state index is 13.0. The van der Waals surface area contributed by atoms with Crippen molar-refractivity contribution in [2.75, 3.05) is 11.9 Å². The molecular weight excluding hydrogens is 416 g/mol. The Morgan fingerprint density at radius 1 is 1.25 bits per heavy atom. The van der Waals surface area contributed by atoms with Gasteiger partial charge in [0.1, 0.15) is 17.0 Å². The molecule has 1 unspecified atom stereocenters. The van der Waals surface area contributed by atoms with E-state index in [1.54, 1.807) is 39.8 Å². The van der Waals surface area contributed by atoms with E-state index in [0.717, 1.165) is 0 Å². The number of anilines is 1. The van der Waals surface area contributed by atoms with Gasteiger partial charge in [0.25, 0.3) is 0 Å². The molecule has 32 heavy (non-hydrogen) atoms. The number of hydrogen-bond acceptors (Lipinski definition) is 7. The summed E-state index contributed by atoms with van der Waals surface area (Å²) in [6.07, 6.45) is 1.34. The van der Waals surface area contributed by atoms with Gasteiger partial charge in [-0.25, -0.2) is 9.48 Å². The quantitative estimate of drug-likeness (QED) is 0.323. The number of carbonyl (C=O) groups is 2. The van der Waals surface area contributed by atoms with Crippen molar-refractivity contribution in [3.05, 3.63) is 63.6 Å². The molecule has 1 aromatic carbocycles. The summed E-state index contributed by atoms with van der Waals surface area (Å²) in [5.74, 6) is -1.43. The average Bonchev–Trinajstić information content (AvgIpc) is 3.29. The summed E-state index contributed by atoms with van der Waals surface area (Å²) in [6, 6.07) is 9.04. The Bertz CT molecular complexity index is 1150. The van der Waals surface area contributed by atoms with Crippen LogP contribution in [0.4, 0.5) is 11.5 Å². The lowest BCUT2D eigenvalue weighted by atomic mass is 10.1. The van der Waals surface area contributed by atoms with E-state index in [2.05, 4.69) is 15.5 Å². The fourth-order valence-corrected chi connectivity index (χ4v) is 3.30. The molecule has 1 N–H and O–H groups in total. The summed E-state index contributed by atoms with van der Waals surface area (Å²) >= 11 is 0. The summed E-state index contributed by atoms with van der Waals surface area (Å²) in [6.45, 7) is 6.80. The highest BCUT2D eigenvalue weighted by atomic mass is 16.6. The minimum atomic E-state index is -0.609. The number of ether oxygens (including phenoxy) is 1. The molecule has 11 nitrogen and oxygen atoms in total. The highest BCUT2D eigenvalue weighted by Crippen LogP contribution is 2.24. The Labute approximate surface area is 184 Å². The number of nitrogens with zero attached hydrogens (tertiary/aromatic N) is 5. The van der Waals surface area contributed by atoms with Crippen molar-refractivity contribution in [2.24, 2.45) is 5.92 Å². The smallest absolute Gasteiger partial charge is 0.343 e. The Hall–Kier alpha value is -4.02. The van der Waals surface area contributed by atoms with Crippen LogP contribution in [0.15, 0.2) is 36.5 Å². The number of carbonyl (C=O) groups excluding carboxylic acids is 2. The first kappa shape index (κ1) is 22.7. The van der Waals surface area contributed by atoms with Crippen LogP contribution in [-0.2, 0) is 16.1 Å². The Kier molecular flexibility index (Phi) is 6.67. The van der Waals surface area contributed by atoms with E-state index < -0.39 is 22.7 Å². The number of benzene rings is 1. The molecule has 0 saturated carbocycles. The van der Waals surface area contributed by atoms with E-state index in [9.17, 15) is 19.7 Å². The van der Waals surface area contributed by atoms with Gasteiger partial charge in [0.05, 0.1) is 35.9 Å². The van der Waals surface area contributed by atoms with Crippen LogP contribution in [0.2, 0.25) is 0 Å². The molecular formula is C21H24N6O5. The fourth-order valence-electron chi connectivity index (χ4n) is 3.30. The van der Waals surface area contributed by atoms with Gasteiger partial charge in [0.2, 0.25) is 5.91 Å². The third-order valence-corrected chi connectivity index (χ3v) is 4.93. The molecule has 2 heterocycles. The summed E-state index contributed by atoms with van der Waals surface area (Å²) in [5.41, 5.74) is 1.36. The van der Waals surface area contributed by atoms with E-state index >= 15 is 0 Å². The number of nitrogens with one attached hydrogen (secondary N) is 1. The van der Waals surface area contributed by atoms with Crippen LogP contribution in [0.1, 0.15) is 35.6 Å². The summed E-state index contributed by atoms with van der Waals surface area (Å²) < 4.78 is 7.98. The van der Waals surface area contributed by atoms with Gasteiger partial charge in [-0.05, 0) is 32.9 Å². The number of hydrogen-bond donors (Lipinski definition) is 1. The maximum absolute atomic E-state index is 13.0. The monoisotopic (exact) mass is 440 g/mol. The third-order valence-electron chi connectivity index (χ3n) is 4.93. The minimum absolute atomic E-state index is 0.0654. The summed E-state index contributed by atoms with van der Waals surface area (Å²) in [4.78, 5) is 36.1. The van der Waals surface area contributed by atoms with Crippen LogP contribution < -0.4 is 5.32 Å². The van der Waals surface area contributed by atoms with Crippen LogP contribution in [0.3, 0.4) is 0 Å². The highest BCUT2D eigenvalue weighted by Gasteiger charge is 2.26. The van der Waals surface area contributed by atoms with Crippen molar-refractivity contribution >= 4 is 23.4 Å². The van der Waals surface area contributed by atoms with E-state index in [1.807, 2.05) is 18.2 Å². The molecule has 1 amide bonds. The van der Waals surface area contributed by atoms with E-state index in [4.69, 9.17) is 4.74 Å². The number of nitro groups is 1. The van der Waals surface area contributed by atoms with E-state index in [1.165, 1.54) is 15.6 Å². The fraction of sp³-hybridized carbons (Fsp3) is 0.333. The molecule has 3 rings (SSSR count). The molecule has 0 bridgehead atoms. The van der Waals surface area contributed by atoms with Crippen LogP contribution in [0, 0.1) is 29.9 Å². The number of aryl methyl sites for hydroxylation is 1. The molecule has 0 radical (unpaired) electrons. The molecule has 1 atom stereocenters. The number of aromatic nitrogens is 4. The van der Waals surface area contributed by atoms with Gasteiger partial charge in [0, 0.05) is 0 Å². The zero-order valence-electron chi connectivity index (χ0n) is 18.2. The number of esters is 1. The second-order valence-corrected chi connectivity index (χ2v) is 7.22. The lowest BCUT2D eigenvalue weighted by Crippen LogP contribution is -2.27. The van der Waals surface area contributed by atoms with Gasteiger partial charge < -0.3 is 10.1 Å². The standard InChI is InChI=1S/C21H24N6O5/c1-5-32-21(29)17-11-22-26(16-9-7-6-8-10-16)19(17)23-20(28)13(2)12-25-15(4)18(27(30)31)14(3)24-25/h6-11,13H,5,12H2,1-4H3,(H,23,28). The minimum Gasteiger partial charge on any atom is -0.462 e. The molecule has 0 saturated heterocycles. The van der Waals surface area contributed by atoms with Crippen LogP contribution in [-0.4, -0.2) is 43.0 Å². The van der Waals surface area contributed by atoms with Gasteiger partial charge in [-0.3, -0.25) is 19.6 Å². The number of para-hydroxylation sites is 1. The van der Waals surface area contributed by atoms with Crippen LogP contribution in [0.5, 0.6) is 0 Å². The molecule has 0 aliphatic rings. The molecule has 11 heteroatoms. The summed E-state index contributed by atoms with van der Waals surface area (Å²) in [7, 11) is 0. The highest BCUT2D eigenvalue weighted by molar-refractivity contribution is 6.01. The van der Waals surface area contributed by atoms with Gasteiger partial charge in [-0.1, -0.05) is 25.1 Å². The SMILES string of the molecule is CCOC(=O)c1cnn(-c2ccccc2)c1NC(=O)C(C)Cn1nc(C)c([N+](=O)[O-])c1C. The van der Waals surface area contributed by atoms with Crippen molar-refractivity contribution in [1.82, 2.24) is 19.6 Å². The molecule has 0 aliphatic carbocycles. The number of rotatable bonds is 8. The second kappa shape index (κ2) is 9.41. The Morgan fingerprint density at radius 3 is 2.53 bits per heavy atom. The molecule has 2 aromatic heterocycles. The van der Waals surface area contributed by atoms with Crippen molar-refractivity contribution in [1.29, 1.82) is 0 Å². The Balaban J connectivity index is 1.88. The molecule has 168 valence electrons. The zero-order valence-corrected chi connectivity index (χ0v) is 18.2. The predicted molar refractivity (Wildman–Crippen MR) is 116 cm³/mol. The first-order valence-corrected chi connectivity index (χ1v) is 10.0. The van der Waals surface area contributed by atoms with Crippen molar-refractivity contribution < 1.29 is 19.2 Å². The topological polar surface area (TPSA) is 134 Å². The largest absolute Gasteiger partial charge is 0.462 e. The van der Waals surface area contributed by atoms with Gasteiger partial charge in [0.15, 0.2) is 5.82 Å². The molecule has 0 aliphatic heterocycles. The predicted octanol–water partition coefficient (Wildman–Crippen LogP) is 3.05. The normalized spacial score (nSPS) is 11.8. The van der Waals surface area contributed by atoms with Gasteiger partial charge in [-0.15, -0.1) is 0 Å². The van der Waals surface area contributed by atoms with Crippen LogP contribution in [0.25, 0.3) is 5.69 Å². The second-order valence-electron chi connectivity index (χ2n) is 7.22. The lowest BCUT2D eigenvalue weighted by Gasteiger charge is -2.15. The lowest BCUT2D eigenvalue weighted by molar-refractivity contribution is -0.386. The van der Waals surface area contributed by atoms with Crippen molar-refractivity contribution in [3.63, 3.8) is 0 Å². The maximum Gasteiger partial charge on any atom is 0.343 e. The molecule has 0 spiro atoms. The zero-order chi connectivity index (χ0) is 23.4. The molecule has 3 aromatic rings.